The summed E-state index contributed by atoms with van der Waals surface area (Å²) in [5.41, 5.74) is 2.07. The van der Waals surface area contributed by atoms with E-state index in [1.807, 2.05) is 17.8 Å². The van der Waals surface area contributed by atoms with Crippen molar-refractivity contribution in [1.29, 1.82) is 0 Å². The molecular formula is C10H18N2O. The Morgan fingerprint density at radius 1 is 1.46 bits per heavy atom. The summed E-state index contributed by atoms with van der Waals surface area (Å²) in [7, 11) is 0. The van der Waals surface area contributed by atoms with Gasteiger partial charge in [0.2, 0.25) is 0 Å². The average Bonchev–Trinajstić information content (AvgIpc) is 2.26. The minimum atomic E-state index is 0.0793. The Labute approximate surface area is 79.4 Å². The summed E-state index contributed by atoms with van der Waals surface area (Å²) in [6.45, 7) is 9.39. The van der Waals surface area contributed by atoms with Crippen LogP contribution in [-0.4, -0.2) is 14.9 Å². The van der Waals surface area contributed by atoms with Crippen molar-refractivity contribution in [3.05, 3.63) is 17.5 Å². The lowest BCUT2D eigenvalue weighted by atomic mass is 9.97. The van der Waals surface area contributed by atoms with E-state index in [0.29, 0.717) is 0 Å². The molecule has 0 aliphatic heterocycles. The van der Waals surface area contributed by atoms with E-state index in [1.54, 1.807) is 0 Å². The molecule has 1 aromatic heterocycles. The van der Waals surface area contributed by atoms with Gasteiger partial charge in [0.25, 0.3) is 0 Å². The quantitative estimate of drug-likeness (QED) is 0.756. The van der Waals surface area contributed by atoms with E-state index in [-0.39, 0.29) is 12.0 Å². The first kappa shape index (κ1) is 10.3. The number of nitrogens with zero attached hydrogens (tertiary/aromatic N) is 2. The van der Waals surface area contributed by atoms with Gasteiger partial charge in [0.15, 0.2) is 0 Å². The topological polar surface area (TPSA) is 38.0 Å². The SMILES string of the molecule is Cc1nn(CC(C)(C)C)cc1CO. The van der Waals surface area contributed by atoms with Crippen LogP contribution in [0.25, 0.3) is 0 Å². The third-order valence-corrected chi connectivity index (χ3v) is 1.85. The molecule has 0 aliphatic rings. The van der Waals surface area contributed by atoms with Gasteiger partial charge in [-0.1, -0.05) is 20.8 Å². The maximum absolute atomic E-state index is 8.98. The van der Waals surface area contributed by atoms with Gasteiger partial charge < -0.3 is 5.11 Å². The number of hydrogen-bond acceptors (Lipinski definition) is 2. The minimum Gasteiger partial charge on any atom is -0.392 e. The lowest BCUT2D eigenvalue weighted by molar-refractivity contribution is 0.280. The third kappa shape index (κ3) is 2.84. The molecule has 3 heteroatoms. The number of aryl methyl sites for hydroxylation is 1. The fraction of sp³-hybridized carbons (Fsp3) is 0.700. The van der Waals surface area contributed by atoms with E-state index >= 15 is 0 Å². The Hall–Kier alpha value is -0.830. The standard InChI is InChI=1S/C10H18N2O/c1-8-9(6-13)5-12(11-8)7-10(2,3)4/h5,13H,6-7H2,1-4H3. The third-order valence-electron chi connectivity index (χ3n) is 1.85. The molecule has 1 N–H and O–H groups in total. The van der Waals surface area contributed by atoms with E-state index in [4.69, 9.17) is 5.11 Å². The van der Waals surface area contributed by atoms with Gasteiger partial charge >= 0.3 is 0 Å². The Morgan fingerprint density at radius 3 is 2.46 bits per heavy atom. The van der Waals surface area contributed by atoms with Gasteiger partial charge in [-0.3, -0.25) is 4.68 Å². The number of aromatic nitrogens is 2. The first-order valence-corrected chi connectivity index (χ1v) is 4.56. The summed E-state index contributed by atoms with van der Waals surface area (Å²) in [5, 5.41) is 13.3. The van der Waals surface area contributed by atoms with Gasteiger partial charge in [0, 0.05) is 18.3 Å². The molecule has 0 saturated heterocycles. The lowest BCUT2D eigenvalue weighted by Gasteiger charge is -2.17. The zero-order valence-electron chi connectivity index (χ0n) is 8.83. The van der Waals surface area contributed by atoms with E-state index in [1.165, 1.54) is 0 Å². The highest BCUT2D eigenvalue weighted by molar-refractivity contribution is 5.13. The minimum absolute atomic E-state index is 0.0793. The van der Waals surface area contributed by atoms with Crippen LogP contribution in [0.2, 0.25) is 0 Å². The highest BCUT2D eigenvalue weighted by Crippen LogP contribution is 2.16. The second-order valence-electron chi connectivity index (χ2n) is 4.66. The monoisotopic (exact) mass is 182 g/mol. The van der Waals surface area contributed by atoms with E-state index < -0.39 is 0 Å². The molecule has 0 aromatic carbocycles. The van der Waals surface area contributed by atoms with Gasteiger partial charge in [-0.05, 0) is 12.3 Å². The molecule has 0 amide bonds. The predicted octanol–water partition coefficient (Wildman–Crippen LogP) is 1.73. The van der Waals surface area contributed by atoms with Crippen molar-refractivity contribution in [2.45, 2.75) is 40.8 Å². The molecule has 0 bridgehead atoms. The smallest absolute Gasteiger partial charge is 0.0715 e. The van der Waals surface area contributed by atoms with Crippen molar-refractivity contribution in [3.63, 3.8) is 0 Å². The van der Waals surface area contributed by atoms with Crippen LogP contribution in [0.15, 0.2) is 6.20 Å². The van der Waals surface area contributed by atoms with Crippen molar-refractivity contribution in [1.82, 2.24) is 9.78 Å². The van der Waals surface area contributed by atoms with Crippen molar-refractivity contribution in [3.8, 4) is 0 Å². The molecule has 0 fully saturated rings. The van der Waals surface area contributed by atoms with E-state index in [9.17, 15) is 0 Å². The van der Waals surface area contributed by atoms with Gasteiger partial charge in [-0.2, -0.15) is 5.10 Å². The Balaban J connectivity index is 2.80. The van der Waals surface area contributed by atoms with E-state index in [2.05, 4.69) is 25.9 Å². The molecule has 1 heterocycles. The molecule has 0 unspecified atom stereocenters. The summed E-state index contributed by atoms with van der Waals surface area (Å²) >= 11 is 0. The summed E-state index contributed by atoms with van der Waals surface area (Å²) in [4.78, 5) is 0. The fourth-order valence-electron chi connectivity index (χ4n) is 1.28. The Kier molecular flexibility index (Phi) is 2.76. The second kappa shape index (κ2) is 3.50. The molecular weight excluding hydrogens is 164 g/mol. The normalized spacial score (nSPS) is 12.1. The lowest BCUT2D eigenvalue weighted by Crippen LogP contribution is -2.15. The van der Waals surface area contributed by atoms with Crippen LogP contribution >= 0.6 is 0 Å². The summed E-state index contributed by atoms with van der Waals surface area (Å²) in [6, 6.07) is 0. The first-order valence-electron chi connectivity index (χ1n) is 4.56. The molecule has 0 atom stereocenters. The second-order valence-corrected chi connectivity index (χ2v) is 4.66. The maximum atomic E-state index is 8.98. The van der Waals surface area contributed by atoms with Crippen LogP contribution in [-0.2, 0) is 13.2 Å². The molecule has 1 aromatic rings. The van der Waals surface area contributed by atoms with Crippen LogP contribution in [0.5, 0.6) is 0 Å². The summed E-state index contributed by atoms with van der Waals surface area (Å²) in [5.74, 6) is 0. The van der Waals surface area contributed by atoms with Crippen LogP contribution in [0.1, 0.15) is 32.0 Å². The van der Waals surface area contributed by atoms with Gasteiger partial charge in [-0.15, -0.1) is 0 Å². The molecule has 0 spiro atoms. The van der Waals surface area contributed by atoms with Crippen LogP contribution < -0.4 is 0 Å². The highest BCUT2D eigenvalue weighted by atomic mass is 16.3. The zero-order chi connectivity index (χ0) is 10.1. The first-order chi connectivity index (χ1) is 5.92. The number of hydrogen-bond donors (Lipinski definition) is 1. The van der Waals surface area contributed by atoms with Crippen molar-refractivity contribution in [2.24, 2.45) is 5.41 Å². The van der Waals surface area contributed by atoms with Crippen molar-refractivity contribution < 1.29 is 5.11 Å². The molecule has 74 valence electrons. The van der Waals surface area contributed by atoms with Crippen LogP contribution in [0.3, 0.4) is 0 Å². The zero-order valence-corrected chi connectivity index (χ0v) is 8.83. The number of aliphatic hydroxyl groups excluding tert-OH is 1. The van der Waals surface area contributed by atoms with E-state index in [0.717, 1.165) is 17.8 Å². The molecule has 1 rings (SSSR count). The van der Waals surface area contributed by atoms with Crippen molar-refractivity contribution in [2.75, 3.05) is 0 Å². The van der Waals surface area contributed by atoms with Gasteiger partial charge in [-0.25, -0.2) is 0 Å². The average molecular weight is 182 g/mol. The largest absolute Gasteiger partial charge is 0.392 e. The maximum Gasteiger partial charge on any atom is 0.0715 e. The summed E-state index contributed by atoms with van der Waals surface area (Å²) in [6.07, 6.45) is 1.92. The molecule has 13 heavy (non-hydrogen) atoms. The fourth-order valence-corrected chi connectivity index (χ4v) is 1.28. The molecule has 0 radical (unpaired) electrons. The van der Waals surface area contributed by atoms with Crippen LogP contribution in [0, 0.1) is 12.3 Å². The molecule has 0 aliphatic carbocycles. The predicted molar refractivity (Wildman–Crippen MR) is 52.3 cm³/mol. The highest BCUT2D eigenvalue weighted by Gasteiger charge is 2.12. The molecule has 0 saturated carbocycles. The van der Waals surface area contributed by atoms with Crippen LogP contribution in [0.4, 0.5) is 0 Å². The molecule has 3 nitrogen and oxygen atoms in total. The van der Waals surface area contributed by atoms with Crippen molar-refractivity contribution >= 4 is 0 Å². The van der Waals surface area contributed by atoms with Gasteiger partial charge in [0.1, 0.15) is 0 Å². The Morgan fingerprint density at radius 2 is 2.08 bits per heavy atom. The number of rotatable bonds is 2. The van der Waals surface area contributed by atoms with Gasteiger partial charge in [0.05, 0.1) is 12.3 Å². The number of aliphatic hydroxyl groups is 1. The summed E-state index contributed by atoms with van der Waals surface area (Å²) < 4.78 is 1.90. The Bertz CT molecular complexity index is 284.